The molecule has 8 rings (SSSR count). The topological polar surface area (TPSA) is 71.1 Å². The number of allylic oxidation sites excluding steroid dienone is 2. The van der Waals surface area contributed by atoms with Crippen LogP contribution in [0.15, 0.2) is 36.4 Å². The number of methoxy groups -OCH3 is 4. The van der Waals surface area contributed by atoms with Gasteiger partial charge in [0, 0.05) is 21.9 Å². The van der Waals surface area contributed by atoms with Crippen molar-refractivity contribution in [2.24, 2.45) is 47.3 Å². The number of hydrogen-bond donors (Lipinski definition) is 0. The molecule has 2 aromatic carbocycles. The Hall–Kier alpha value is -3.02. The van der Waals surface area contributed by atoms with E-state index in [1.807, 2.05) is 12.1 Å². The second-order valence-corrected chi connectivity index (χ2v) is 10.8. The highest BCUT2D eigenvalue weighted by atomic mass is 16.5. The third kappa shape index (κ3) is 2.36. The van der Waals surface area contributed by atoms with Gasteiger partial charge >= 0.3 is 11.9 Å². The summed E-state index contributed by atoms with van der Waals surface area (Å²) in [6.45, 7) is 0. The molecule has 2 aromatic rings. The maximum absolute atomic E-state index is 13.0. The molecular weight excluding hydrogens is 444 g/mol. The Morgan fingerprint density at radius 1 is 0.714 bits per heavy atom. The predicted octanol–water partition coefficient (Wildman–Crippen LogP) is 4.31. The molecule has 0 N–H and O–H groups in total. The number of benzene rings is 2. The van der Waals surface area contributed by atoms with Crippen LogP contribution in [0, 0.1) is 47.3 Å². The van der Waals surface area contributed by atoms with Gasteiger partial charge in [0.1, 0.15) is 11.5 Å². The van der Waals surface area contributed by atoms with Crippen LogP contribution in [0.5, 0.6) is 11.5 Å². The lowest BCUT2D eigenvalue weighted by Crippen LogP contribution is -2.57. The maximum Gasteiger partial charge on any atom is 0.310 e. The van der Waals surface area contributed by atoms with E-state index in [9.17, 15) is 9.59 Å². The molecular formula is C29H30O6. The van der Waals surface area contributed by atoms with Crippen LogP contribution in [0.3, 0.4) is 0 Å². The van der Waals surface area contributed by atoms with Gasteiger partial charge in [0.2, 0.25) is 0 Å². The molecule has 10 atom stereocenters. The molecule has 0 aliphatic heterocycles. The van der Waals surface area contributed by atoms with Crippen molar-refractivity contribution in [1.82, 2.24) is 0 Å². The van der Waals surface area contributed by atoms with Crippen LogP contribution in [-0.4, -0.2) is 40.4 Å². The highest BCUT2D eigenvalue weighted by Crippen LogP contribution is 2.79. The quantitative estimate of drug-likeness (QED) is 0.486. The molecule has 0 aromatic heterocycles. The van der Waals surface area contributed by atoms with Gasteiger partial charge in [-0.05, 0) is 53.8 Å². The van der Waals surface area contributed by atoms with E-state index in [1.54, 1.807) is 14.2 Å². The first-order valence-corrected chi connectivity index (χ1v) is 12.6. The van der Waals surface area contributed by atoms with Crippen molar-refractivity contribution in [3.8, 4) is 11.5 Å². The second-order valence-electron chi connectivity index (χ2n) is 10.8. The molecule has 35 heavy (non-hydrogen) atoms. The zero-order chi connectivity index (χ0) is 24.2. The Labute approximate surface area is 204 Å². The molecule has 0 radical (unpaired) electrons. The van der Waals surface area contributed by atoms with E-state index in [0.717, 1.165) is 28.7 Å². The van der Waals surface area contributed by atoms with Crippen LogP contribution in [0.2, 0.25) is 0 Å². The minimum atomic E-state index is -0.478. The average Bonchev–Trinajstić information content (AvgIpc) is 3.43. The SMILES string of the molecule is COC(=O)[C@@H]1[C@H]2C=C[C@@H]([C@H]1C(=O)OC)[C@@H]1[C@@H]3C[C@@H]([C@H]4c5c(c(OC)c6ccccc6c5OC)[C@@H]34)[C@H]21. The predicted molar refractivity (Wildman–Crippen MR) is 128 cm³/mol. The van der Waals surface area contributed by atoms with Crippen LogP contribution >= 0.6 is 0 Å². The highest BCUT2D eigenvalue weighted by Gasteiger charge is 2.72. The summed E-state index contributed by atoms with van der Waals surface area (Å²) in [5, 5.41) is 2.18. The molecule has 6 heteroatoms. The number of fused-ring (bicyclic) bond motifs is 10. The minimum absolute atomic E-state index is 0.00473. The molecule has 0 amide bonds. The van der Waals surface area contributed by atoms with Gasteiger partial charge in [-0.25, -0.2) is 0 Å². The summed E-state index contributed by atoms with van der Waals surface area (Å²) in [4.78, 5) is 25.9. The van der Waals surface area contributed by atoms with Gasteiger partial charge in [-0.1, -0.05) is 36.4 Å². The van der Waals surface area contributed by atoms with E-state index >= 15 is 0 Å². The van der Waals surface area contributed by atoms with Crippen molar-refractivity contribution in [1.29, 1.82) is 0 Å². The first-order valence-electron chi connectivity index (χ1n) is 12.6. The van der Waals surface area contributed by atoms with Crippen LogP contribution < -0.4 is 9.47 Å². The lowest BCUT2D eigenvalue weighted by atomic mass is 9.44. The molecule has 0 unspecified atom stereocenters. The largest absolute Gasteiger partial charge is 0.496 e. The number of ether oxygens (including phenoxy) is 4. The normalized spacial score (nSPS) is 38.9. The molecule has 3 fully saturated rings. The zero-order valence-corrected chi connectivity index (χ0v) is 20.4. The molecule has 3 saturated carbocycles. The van der Waals surface area contributed by atoms with E-state index in [1.165, 1.54) is 25.3 Å². The molecule has 182 valence electrons. The van der Waals surface area contributed by atoms with E-state index in [0.29, 0.717) is 35.5 Å². The number of esters is 2. The number of carbonyl (C=O) groups is 2. The summed E-state index contributed by atoms with van der Waals surface area (Å²) in [5.74, 6) is 2.79. The molecule has 0 heterocycles. The van der Waals surface area contributed by atoms with Crippen molar-refractivity contribution in [3.05, 3.63) is 47.5 Å². The third-order valence-corrected chi connectivity index (χ3v) is 10.2. The van der Waals surface area contributed by atoms with Crippen molar-refractivity contribution in [2.45, 2.75) is 18.3 Å². The van der Waals surface area contributed by atoms with Crippen molar-refractivity contribution < 1.29 is 28.5 Å². The van der Waals surface area contributed by atoms with Crippen molar-refractivity contribution in [3.63, 3.8) is 0 Å². The summed E-state index contributed by atoms with van der Waals surface area (Å²) >= 11 is 0. The van der Waals surface area contributed by atoms with Gasteiger partial charge in [-0.3, -0.25) is 9.59 Å². The maximum atomic E-state index is 13.0. The Morgan fingerprint density at radius 3 is 1.51 bits per heavy atom. The van der Waals surface area contributed by atoms with Crippen LogP contribution in [0.4, 0.5) is 0 Å². The monoisotopic (exact) mass is 474 g/mol. The van der Waals surface area contributed by atoms with Gasteiger partial charge in [-0.2, -0.15) is 0 Å². The molecule has 4 bridgehead atoms. The number of hydrogen-bond acceptors (Lipinski definition) is 6. The Morgan fingerprint density at radius 2 is 1.14 bits per heavy atom. The van der Waals surface area contributed by atoms with Gasteiger partial charge in [0.15, 0.2) is 0 Å². The fourth-order valence-electron chi connectivity index (χ4n) is 9.38. The number of rotatable bonds is 4. The van der Waals surface area contributed by atoms with Gasteiger partial charge < -0.3 is 18.9 Å². The second kappa shape index (κ2) is 7.25. The number of carbonyl (C=O) groups excluding carboxylic acids is 2. The van der Waals surface area contributed by atoms with E-state index < -0.39 is 11.8 Å². The van der Waals surface area contributed by atoms with Crippen molar-refractivity contribution >= 4 is 22.7 Å². The summed E-state index contributed by atoms with van der Waals surface area (Å²) in [5.41, 5.74) is 2.59. The van der Waals surface area contributed by atoms with E-state index in [2.05, 4.69) is 24.3 Å². The highest BCUT2D eigenvalue weighted by molar-refractivity contribution is 5.98. The standard InChI is InChI=1S/C29H30O6/c1-32-26-12-7-5-6-8-13(12)27(33-2)25-21-17-11-16(20(21)24(25)26)18-14-9-10-15(19(17)18)23(29(31)35-4)22(14)28(30)34-3/h5-10,14-23H,11H2,1-4H3/t14-,15+,16+,17-,18-,19+,20+,21-,22-,23-/m1/s1. The Balaban J connectivity index is 1.39. The fraction of sp³-hybridized carbons (Fsp3) is 0.517. The molecule has 6 aliphatic rings. The summed E-state index contributed by atoms with van der Waals surface area (Å²) in [6, 6.07) is 8.31. The Bertz CT molecular complexity index is 1200. The first-order chi connectivity index (χ1) is 17.1. The lowest BCUT2D eigenvalue weighted by Gasteiger charge is -2.59. The zero-order valence-electron chi connectivity index (χ0n) is 20.4. The summed E-state index contributed by atoms with van der Waals surface area (Å²) < 4.78 is 22.5. The van der Waals surface area contributed by atoms with Gasteiger partial charge in [0.05, 0.1) is 40.3 Å². The molecule has 0 spiro atoms. The van der Waals surface area contributed by atoms with Crippen molar-refractivity contribution in [2.75, 3.05) is 28.4 Å². The molecule has 6 nitrogen and oxygen atoms in total. The smallest absolute Gasteiger partial charge is 0.310 e. The van der Waals surface area contributed by atoms with Gasteiger partial charge in [-0.15, -0.1) is 0 Å². The molecule has 6 aliphatic carbocycles. The van der Waals surface area contributed by atoms with Crippen LogP contribution in [0.25, 0.3) is 10.8 Å². The summed E-state index contributed by atoms with van der Waals surface area (Å²) in [6.07, 6.45) is 5.50. The van der Waals surface area contributed by atoms with E-state index in [-0.39, 0.29) is 23.8 Å². The third-order valence-electron chi connectivity index (χ3n) is 10.2. The minimum Gasteiger partial charge on any atom is -0.496 e. The molecule has 0 saturated heterocycles. The van der Waals surface area contributed by atoms with Crippen LogP contribution in [0.1, 0.15) is 29.4 Å². The Kier molecular flexibility index (Phi) is 4.41. The van der Waals surface area contributed by atoms with E-state index in [4.69, 9.17) is 18.9 Å². The summed E-state index contributed by atoms with van der Waals surface area (Å²) in [7, 11) is 6.36. The lowest BCUT2D eigenvalue weighted by molar-refractivity contribution is -0.172. The van der Waals surface area contributed by atoms with Crippen LogP contribution in [-0.2, 0) is 19.1 Å². The van der Waals surface area contributed by atoms with Gasteiger partial charge in [0.25, 0.3) is 0 Å². The fourth-order valence-corrected chi connectivity index (χ4v) is 9.38. The first kappa shape index (κ1) is 21.3. The average molecular weight is 475 g/mol.